The largest absolute Gasteiger partial charge is 0.478 e. The number of benzene rings is 2. The van der Waals surface area contributed by atoms with Crippen LogP contribution in [0.2, 0.25) is 0 Å². The Hall–Kier alpha value is -2.03. The third kappa shape index (κ3) is 5.48. The van der Waals surface area contributed by atoms with Crippen LogP contribution in [-0.2, 0) is 0 Å². The Morgan fingerprint density at radius 3 is 2.19 bits per heavy atom. The fourth-order valence-corrected chi connectivity index (χ4v) is 2.59. The van der Waals surface area contributed by atoms with Crippen LogP contribution in [0, 0.1) is 29.1 Å². The highest BCUT2D eigenvalue weighted by Crippen LogP contribution is 2.21. The van der Waals surface area contributed by atoms with E-state index in [4.69, 9.17) is 5.11 Å². The van der Waals surface area contributed by atoms with E-state index in [1.165, 1.54) is 18.2 Å². The third-order valence-electron chi connectivity index (χ3n) is 3.87. The second kappa shape index (κ2) is 8.57. The first kappa shape index (κ1) is 20.3. The lowest BCUT2D eigenvalue weighted by molar-refractivity contribution is 0.0696. The van der Waals surface area contributed by atoms with Crippen molar-refractivity contribution in [3.05, 3.63) is 67.8 Å². The smallest absolute Gasteiger partial charge is 0.335 e. The lowest BCUT2D eigenvalue weighted by Gasteiger charge is -2.06. The molecular weight excluding hydrogens is 455 g/mol. The molecule has 3 rings (SSSR count). The summed E-state index contributed by atoms with van der Waals surface area (Å²) < 4.78 is 26.8. The number of amides is 1. The fraction of sp³-hybridized carbons (Fsp3) is 0.263. The lowest BCUT2D eigenvalue weighted by atomic mass is 10.1. The molecule has 1 amide bonds. The summed E-state index contributed by atoms with van der Waals surface area (Å²) >= 11 is 2.04. The molecule has 1 saturated carbocycles. The molecule has 138 valence electrons. The maximum absolute atomic E-state index is 13.4. The van der Waals surface area contributed by atoms with Gasteiger partial charge in [-0.15, -0.1) is 0 Å². The SMILES string of the molecule is Cc1c(F)cc(C(=O)NC2CC2)cc1I.Cc1ccc(C(=O)O)cc1F. The van der Waals surface area contributed by atoms with Gasteiger partial charge in [0.05, 0.1) is 5.56 Å². The summed E-state index contributed by atoms with van der Waals surface area (Å²) in [5.41, 5.74) is 1.44. The second-order valence-corrected chi connectivity index (χ2v) is 7.24. The van der Waals surface area contributed by atoms with Crippen molar-refractivity contribution >= 4 is 34.5 Å². The van der Waals surface area contributed by atoms with Gasteiger partial charge in [-0.3, -0.25) is 4.79 Å². The van der Waals surface area contributed by atoms with Crippen LogP contribution in [0.5, 0.6) is 0 Å². The molecule has 0 aromatic heterocycles. The van der Waals surface area contributed by atoms with Crippen LogP contribution in [-0.4, -0.2) is 23.0 Å². The first-order valence-corrected chi connectivity index (χ1v) is 9.03. The Kier molecular flexibility index (Phi) is 6.69. The Morgan fingerprint density at radius 2 is 1.69 bits per heavy atom. The maximum atomic E-state index is 13.4. The summed E-state index contributed by atoms with van der Waals surface area (Å²) in [6.07, 6.45) is 2.08. The van der Waals surface area contributed by atoms with E-state index in [2.05, 4.69) is 5.32 Å². The fourth-order valence-electron chi connectivity index (χ4n) is 2.00. The Bertz CT molecular complexity index is 828. The van der Waals surface area contributed by atoms with Crippen molar-refractivity contribution in [2.45, 2.75) is 32.7 Å². The molecule has 0 radical (unpaired) electrons. The van der Waals surface area contributed by atoms with Crippen LogP contribution < -0.4 is 5.32 Å². The van der Waals surface area contributed by atoms with Crippen LogP contribution in [0.25, 0.3) is 0 Å². The summed E-state index contributed by atoms with van der Waals surface area (Å²) in [5, 5.41) is 11.3. The summed E-state index contributed by atoms with van der Waals surface area (Å²) in [4.78, 5) is 21.9. The molecule has 7 heteroatoms. The Labute approximate surface area is 163 Å². The number of hydrogen-bond donors (Lipinski definition) is 2. The minimum atomic E-state index is -1.11. The van der Waals surface area contributed by atoms with Gasteiger partial charge in [0.1, 0.15) is 11.6 Å². The van der Waals surface area contributed by atoms with Crippen molar-refractivity contribution in [1.82, 2.24) is 5.32 Å². The first-order valence-electron chi connectivity index (χ1n) is 7.95. The van der Waals surface area contributed by atoms with Crippen molar-refractivity contribution in [1.29, 1.82) is 0 Å². The van der Waals surface area contributed by atoms with Crippen LogP contribution in [0.15, 0.2) is 30.3 Å². The van der Waals surface area contributed by atoms with E-state index in [-0.39, 0.29) is 17.3 Å². The maximum Gasteiger partial charge on any atom is 0.335 e. The number of aromatic carboxylic acids is 1. The van der Waals surface area contributed by atoms with Crippen molar-refractivity contribution in [3.63, 3.8) is 0 Å². The molecule has 0 atom stereocenters. The van der Waals surface area contributed by atoms with Gasteiger partial charge >= 0.3 is 5.97 Å². The van der Waals surface area contributed by atoms with Gasteiger partial charge in [0.15, 0.2) is 0 Å². The van der Waals surface area contributed by atoms with Gasteiger partial charge in [-0.1, -0.05) is 6.07 Å². The van der Waals surface area contributed by atoms with Gasteiger partial charge in [-0.05, 0) is 84.7 Å². The van der Waals surface area contributed by atoms with Crippen LogP contribution in [0.4, 0.5) is 8.78 Å². The number of carboxylic acid groups (broad SMARTS) is 1. The molecule has 0 bridgehead atoms. The van der Waals surface area contributed by atoms with E-state index < -0.39 is 11.8 Å². The van der Waals surface area contributed by atoms with Crippen molar-refractivity contribution in [3.8, 4) is 0 Å². The zero-order valence-electron chi connectivity index (χ0n) is 14.3. The van der Waals surface area contributed by atoms with Gasteiger partial charge in [-0.2, -0.15) is 0 Å². The average Bonchev–Trinajstić information content (AvgIpc) is 3.39. The molecule has 1 aliphatic carbocycles. The van der Waals surface area contributed by atoms with Crippen molar-refractivity contribution in [2.75, 3.05) is 0 Å². The average molecular weight is 473 g/mol. The standard InChI is InChI=1S/C11H11FINO.C8H7FO2/c1-6-9(12)4-7(5-10(6)13)11(15)14-8-2-3-8;1-5-2-3-6(8(10)11)4-7(5)9/h4-5,8H,2-3H2,1H3,(H,14,15);2-4H,1H3,(H,10,11). The number of nitrogens with one attached hydrogen (secondary N) is 1. The summed E-state index contributed by atoms with van der Waals surface area (Å²) in [5.74, 6) is -2.08. The van der Waals surface area contributed by atoms with Gasteiger partial charge in [0.2, 0.25) is 0 Å². The van der Waals surface area contributed by atoms with E-state index in [0.717, 1.165) is 22.5 Å². The molecule has 1 aliphatic rings. The lowest BCUT2D eigenvalue weighted by Crippen LogP contribution is -2.25. The third-order valence-corrected chi connectivity index (χ3v) is 4.99. The zero-order chi connectivity index (χ0) is 19.4. The molecule has 26 heavy (non-hydrogen) atoms. The van der Waals surface area contributed by atoms with Crippen LogP contribution in [0.3, 0.4) is 0 Å². The number of hydrogen-bond acceptors (Lipinski definition) is 2. The van der Waals surface area contributed by atoms with E-state index in [1.54, 1.807) is 19.9 Å². The van der Waals surface area contributed by atoms with Gasteiger partial charge in [-0.25, -0.2) is 13.6 Å². The molecular formula is C19H18F2INO3. The number of rotatable bonds is 3. The highest BCUT2D eigenvalue weighted by atomic mass is 127. The molecule has 2 N–H and O–H groups in total. The van der Waals surface area contributed by atoms with Crippen molar-refractivity contribution < 1.29 is 23.5 Å². The molecule has 0 spiro atoms. The normalized spacial score (nSPS) is 12.8. The van der Waals surface area contributed by atoms with Crippen LogP contribution in [0.1, 0.15) is 44.7 Å². The number of aryl methyl sites for hydroxylation is 1. The predicted molar refractivity (Wildman–Crippen MR) is 102 cm³/mol. The summed E-state index contributed by atoms with van der Waals surface area (Å²) in [6, 6.07) is 7.16. The number of carbonyl (C=O) groups is 2. The summed E-state index contributed by atoms with van der Waals surface area (Å²) in [6.45, 7) is 3.29. The first-order chi connectivity index (χ1) is 12.2. The monoisotopic (exact) mass is 473 g/mol. The molecule has 2 aromatic carbocycles. The molecule has 1 fully saturated rings. The number of halogens is 3. The molecule has 4 nitrogen and oxygen atoms in total. The Morgan fingerprint density at radius 1 is 1.08 bits per heavy atom. The predicted octanol–water partition coefficient (Wildman–Crippen LogP) is 4.46. The van der Waals surface area contributed by atoms with E-state index >= 15 is 0 Å². The van der Waals surface area contributed by atoms with E-state index in [0.29, 0.717) is 22.7 Å². The molecule has 0 aliphatic heterocycles. The number of carbonyl (C=O) groups excluding carboxylic acids is 1. The topological polar surface area (TPSA) is 66.4 Å². The van der Waals surface area contributed by atoms with Gasteiger partial charge in [0, 0.05) is 15.2 Å². The second-order valence-electron chi connectivity index (χ2n) is 6.08. The zero-order valence-corrected chi connectivity index (χ0v) is 16.4. The minimum absolute atomic E-state index is 0.0203. The molecule has 0 heterocycles. The quantitative estimate of drug-likeness (QED) is 0.648. The minimum Gasteiger partial charge on any atom is -0.478 e. The molecule has 2 aromatic rings. The number of carboxylic acids is 1. The molecule has 0 unspecified atom stereocenters. The molecule has 0 saturated heterocycles. The van der Waals surface area contributed by atoms with E-state index in [9.17, 15) is 18.4 Å². The Balaban J connectivity index is 0.000000197. The van der Waals surface area contributed by atoms with Crippen LogP contribution >= 0.6 is 22.6 Å². The van der Waals surface area contributed by atoms with Gasteiger partial charge < -0.3 is 10.4 Å². The van der Waals surface area contributed by atoms with Crippen molar-refractivity contribution in [2.24, 2.45) is 0 Å². The highest BCUT2D eigenvalue weighted by molar-refractivity contribution is 14.1. The summed E-state index contributed by atoms with van der Waals surface area (Å²) in [7, 11) is 0. The van der Waals surface area contributed by atoms with E-state index in [1.807, 2.05) is 22.6 Å². The highest BCUT2D eigenvalue weighted by Gasteiger charge is 2.24. The van der Waals surface area contributed by atoms with Gasteiger partial charge in [0.25, 0.3) is 5.91 Å².